The van der Waals surface area contributed by atoms with Gasteiger partial charge in [0.05, 0.1) is 27.7 Å². The van der Waals surface area contributed by atoms with E-state index in [1.807, 2.05) is 0 Å². The molecule has 0 spiro atoms. The van der Waals surface area contributed by atoms with Gasteiger partial charge in [0.25, 0.3) is 5.82 Å². The summed E-state index contributed by atoms with van der Waals surface area (Å²) in [7, 11) is -2.64. The molecule has 0 saturated carbocycles. The van der Waals surface area contributed by atoms with E-state index in [1.54, 1.807) is 0 Å². The number of nitrogens with two attached hydrogens (primary N) is 1. The number of aromatic nitrogens is 3. The van der Waals surface area contributed by atoms with Crippen molar-refractivity contribution in [2.45, 2.75) is 11.1 Å². The van der Waals surface area contributed by atoms with Gasteiger partial charge in [-0.3, -0.25) is 0 Å². The van der Waals surface area contributed by atoms with Crippen LogP contribution in [0.25, 0.3) is 17.1 Å². The lowest BCUT2D eigenvalue weighted by atomic mass is 10.2. The molecule has 0 aliphatic carbocycles. The van der Waals surface area contributed by atoms with Gasteiger partial charge in [-0.25, -0.2) is 23.2 Å². The van der Waals surface area contributed by atoms with Crippen molar-refractivity contribution in [1.29, 1.82) is 0 Å². The van der Waals surface area contributed by atoms with Crippen molar-refractivity contribution in [2.75, 3.05) is 7.11 Å². The molecule has 0 amide bonds. The van der Waals surface area contributed by atoms with Gasteiger partial charge in [0.15, 0.2) is 11.6 Å². The van der Waals surface area contributed by atoms with Crippen LogP contribution in [0.4, 0.5) is 13.2 Å². The first kappa shape index (κ1) is 21.4. The third kappa shape index (κ3) is 4.32. The number of sulfonamides is 1. The van der Waals surface area contributed by atoms with Crippen LogP contribution in [-0.4, -0.2) is 30.3 Å². The molecule has 0 unspecified atom stereocenters. The molecule has 3 rings (SSSR count). The van der Waals surface area contributed by atoms with Gasteiger partial charge in [0, 0.05) is 5.56 Å². The van der Waals surface area contributed by atoms with Gasteiger partial charge in [-0.1, -0.05) is 23.2 Å². The van der Waals surface area contributed by atoms with E-state index in [9.17, 15) is 21.6 Å². The number of alkyl halides is 3. The molecule has 154 valence electrons. The number of hydrogen-bond donors (Lipinski definition) is 1. The molecule has 7 nitrogen and oxygen atoms in total. The van der Waals surface area contributed by atoms with Crippen molar-refractivity contribution >= 4 is 33.2 Å². The molecule has 1 heterocycles. The molecule has 29 heavy (non-hydrogen) atoms. The van der Waals surface area contributed by atoms with Crippen LogP contribution in [-0.2, 0) is 16.2 Å². The van der Waals surface area contributed by atoms with Crippen LogP contribution in [0.2, 0.25) is 10.0 Å². The van der Waals surface area contributed by atoms with E-state index in [1.165, 1.54) is 31.4 Å². The number of ether oxygens (including phenoxy) is 1. The van der Waals surface area contributed by atoms with Gasteiger partial charge in [0.1, 0.15) is 0 Å². The van der Waals surface area contributed by atoms with Crippen molar-refractivity contribution in [3.63, 3.8) is 0 Å². The molecule has 0 radical (unpaired) electrons. The van der Waals surface area contributed by atoms with Gasteiger partial charge in [-0.2, -0.15) is 13.2 Å². The van der Waals surface area contributed by atoms with Crippen LogP contribution in [0.5, 0.6) is 5.75 Å². The van der Waals surface area contributed by atoms with Crippen LogP contribution in [0.3, 0.4) is 0 Å². The van der Waals surface area contributed by atoms with E-state index < -0.39 is 22.0 Å². The fourth-order valence-electron chi connectivity index (χ4n) is 2.46. The Kier molecular flexibility index (Phi) is 5.52. The molecule has 0 bridgehead atoms. The zero-order valence-electron chi connectivity index (χ0n) is 14.4. The topological polar surface area (TPSA) is 100 Å². The van der Waals surface area contributed by atoms with Crippen molar-refractivity contribution in [3.8, 4) is 22.8 Å². The SMILES string of the molecule is COc1c(Cl)cc(-c2nc(C(F)(F)F)nn2-c2ccc(S(N)(=O)=O)cc2)cc1Cl. The number of methoxy groups -OCH3 is 1. The summed E-state index contributed by atoms with van der Waals surface area (Å²) in [6.07, 6.45) is -4.82. The standard InChI is InChI=1S/C16H11Cl2F3N4O3S/c1-28-13-11(17)6-8(7-12(13)18)14-23-15(16(19,20)21)24-25(14)9-2-4-10(5-3-9)29(22,26)27/h2-7H,1H3,(H2,22,26,27). The van der Waals surface area contributed by atoms with Crippen molar-refractivity contribution in [2.24, 2.45) is 5.14 Å². The van der Waals surface area contributed by atoms with E-state index in [-0.39, 0.29) is 37.8 Å². The van der Waals surface area contributed by atoms with Gasteiger partial charge in [-0.05, 0) is 36.4 Å². The fourth-order valence-corrected chi connectivity index (χ4v) is 3.62. The summed E-state index contributed by atoms with van der Waals surface area (Å²) in [6.45, 7) is 0. The summed E-state index contributed by atoms with van der Waals surface area (Å²) in [5, 5.41) is 8.66. The molecule has 13 heteroatoms. The second-order valence-electron chi connectivity index (χ2n) is 5.68. The predicted molar refractivity (Wildman–Crippen MR) is 99.7 cm³/mol. The molecule has 2 N–H and O–H groups in total. The number of rotatable bonds is 4. The van der Waals surface area contributed by atoms with E-state index in [2.05, 4.69) is 10.1 Å². The molecule has 0 fully saturated rings. The van der Waals surface area contributed by atoms with E-state index in [0.29, 0.717) is 0 Å². The minimum absolute atomic E-state index is 0.0580. The lowest BCUT2D eigenvalue weighted by Crippen LogP contribution is -2.12. The third-order valence-electron chi connectivity index (χ3n) is 3.73. The molecule has 0 saturated heterocycles. The molecule has 0 atom stereocenters. The maximum absolute atomic E-state index is 13.2. The molecular weight excluding hydrogens is 456 g/mol. The Labute approximate surface area is 172 Å². The Balaban J connectivity index is 2.22. The average molecular weight is 467 g/mol. The highest BCUT2D eigenvalue weighted by Gasteiger charge is 2.37. The number of halogens is 5. The number of benzene rings is 2. The monoisotopic (exact) mass is 466 g/mol. The van der Waals surface area contributed by atoms with Crippen molar-refractivity contribution in [3.05, 3.63) is 52.3 Å². The Morgan fingerprint density at radius 2 is 1.66 bits per heavy atom. The van der Waals surface area contributed by atoms with Crippen LogP contribution >= 0.6 is 23.2 Å². The highest BCUT2D eigenvalue weighted by molar-refractivity contribution is 7.89. The Bertz CT molecular complexity index is 1160. The number of primary sulfonamides is 1. The molecule has 1 aromatic heterocycles. The van der Waals surface area contributed by atoms with Gasteiger partial charge >= 0.3 is 6.18 Å². The summed E-state index contributed by atoms with van der Waals surface area (Å²) >= 11 is 12.2. The van der Waals surface area contributed by atoms with Crippen LogP contribution in [0.1, 0.15) is 5.82 Å². The van der Waals surface area contributed by atoms with Crippen molar-refractivity contribution in [1.82, 2.24) is 14.8 Å². The zero-order chi connectivity index (χ0) is 21.6. The van der Waals surface area contributed by atoms with E-state index in [4.69, 9.17) is 33.1 Å². The van der Waals surface area contributed by atoms with E-state index in [0.717, 1.165) is 16.8 Å². The second kappa shape index (κ2) is 7.48. The summed E-state index contributed by atoms with van der Waals surface area (Å²) in [6, 6.07) is 7.40. The van der Waals surface area contributed by atoms with Crippen molar-refractivity contribution < 1.29 is 26.3 Å². The van der Waals surface area contributed by atoms with Gasteiger partial charge in [0.2, 0.25) is 10.0 Å². The third-order valence-corrected chi connectivity index (χ3v) is 5.22. The Morgan fingerprint density at radius 3 is 2.10 bits per heavy atom. The maximum atomic E-state index is 13.2. The summed E-state index contributed by atoms with van der Waals surface area (Å²) in [5.74, 6) is -1.46. The first-order valence-corrected chi connectivity index (χ1v) is 9.93. The van der Waals surface area contributed by atoms with E-state index >= 15 is 0 Å². The fraction of sp³-hybridized carbons (Fsp3) is 0.125. The highest BCUT2D eigenvalue weighted by Crippen LogP contribution is 2.38. The molecule has 3 aromatic rings. The smallest absolute Gasteiger partial charge is 0.453 e. The minimum Gasteiger partial charge on any atom is -0.494 e. The number of hydrogen-bond acceptors (Lipinski definition) is 5. The molecule has 2 aromatic carbocycles. The number of nitrogens with zero attached hydrogens (tertiary/aromatic N) is 3. The molecule has 0 aliphatic rings. The summed E-state index contributed by atoms with van der Waals surface area (Å²) < 4.78 is 68.3. The highest BCUT2D eigenvalue weighted by atomic mass is 35.5. The largest absolute Gasteiger partial charge is 0.494 e. The minimum atomic E-state index is -4.82. The maximum Gasteiger partial charge on any atom is 0.453 e. The Morgan fingerprint density at radius 1 is 1.10 bits per heavy atom. The first-order valence-electron chi connectivity index (χ1n) is 7.62. The summed E-state index contributed by atoms with van der Waals surface area (Å²) in [5.41, 5.74) is 0.248. The van der Waals surface area contributed by atoms with Crippen LogP contribution < -0.4 is 9.88 Å². The lowest BCUT2D eigenvalue weighted by molar-refractivity contribution is -0.144. The van der Waals surface area contributed by atoms with Gasteiger partial charge in [-0.15, -0.1) is 5.10 Å². The van der Waals surface area contributed by atoms with Crippen LogP contribution in [0, 0.1) is 0 Å². The lowest BCUT2D eigenvalue weighted by Gasteiger charge is -2.10. The van der Waals surface area contributed by atoms with Gasteiger partial charge < -0.3 is 4.74 Å². The van der Waals surface area contributed by atoms with Crippen LogP contribution in [0.15, 0.2) is 41.3 Å². The predicted octanol–water partition coefficient (Wildman–Crippen LogP) is 3.92. The average Bonchev–Trinajstić information content (AvgIpc) is 3.06. The Hall–Kier alpha value is -2.34. The zero-order valence-corrected chi connectivity index (χ0v) is 16.7. The second-order valence-corrected chi connectivity index (χ2v) is 8.06. The normalized spacial score (nSPS) is 12.2. The molecular formula is C16H11Cl2F3N4O3S. The molecule has 0 aliphatic heterocycles. The first-order chi connectivity index (χ1) is 13.4. The summed E-state index contributed by atoms with van der Waals surface area (Å²) in [4.78, 5) is 3.35. The quantitative estimate of drug-likeness (QED) is 0.627.